The van der Waals surface area contributed by atoms with Gasteiger partial charge < -0.3 is 5.32 Å². The summed E-state index contributed by atoms with van der Waals surface area (Å²) in [6.45, 7) is 9.36. The van der Waals surface area contributed by atoms with E-state index in [1.807, 2.05) is 12.4 Å². The Morgan fingerprint density at radius 3 is 2.24 bits per heavy atom. The molecule has 0 saturated heterocycles. The fourth-order valence-corrected chi connectivity index (χ4v) is 2.47. The summed E-state index contributed by atoms with van der Waals surface area (Å²) in [7, 11) is 0. The molecule has 2 rings (SSSR count). The van der Waals surface area contributed by atoms with E-state index in [1.165, 1.54) is 10.5 Å². The number of thioether (sulfide) groups is 1. The largest absolute Gasteiger partial charge is 0.308 e. The van der Waals surface area contributed by atoms with E-state index in [1.54, 1.807) is 11.8 Å². The molecule has 0 spiro atoms. The van der Waals surface area contributed by atoms with E-state index in [0.29, 0.717) is 0 Å². The average Bonchev–Trinajstić information content (AvgIpc) is 2.45. The van der Waals surface area contributed by atoms with Crippen LogP contribution in [0.15, 0.2) is 41.6 Å². The van der Waals surface area contributed by atoms with Crippen LogP contribution in [0.5, 0.6) is 0 Å². The number of hydrogen-bond acceptors (Lipinski definition) is 4. The lowest BCUT2D eigenvalue weighted by molar-refractivity contribution is 0.423. The van der Waals surface area contributed by atoms with Crippen molar-refractivity contribution >= 4 is 11.8 Å². The summed E-state index contributed by atoms with van der Waals surface area (Å²) in [4.78, 5) is 10.1. The molecular formula is C17H23N3S. The number of aryl methyl sites for hydroxylation is 1. The summed E-state index contributed by atoms with van der Waals surface area (Å²) >= 11 is 1.77. The lowest BCUT2D eigenvalue weighted by Gasteiger charge is -2.20. The second-order valence-electron chi connectivity index (χ2n) is 6.21. The fraction of sp³-hybridized carbons (Fsp3) is 0.412. The number of hydrogen-bond donors (Lipinski definition) is 1. The molecule has 1 aromatic carbocycles. The van der Waals surface area contributed by atoms with Crippen molar-refractivity contribution in [3.05, 3.63) is 53.6 Å². The molecule has 0 aliphatic heterocycles. The first kappa shape index (κ1) is 16.0. The zero-order valence-electron chi connectivity index (χ0n) is 13.2. The lowest BCUT2D eigenvalue weighted by atomic mass is 10.1. The van der Waals surface area contributed by atoms with Gasteiger partial charge in [0.05, 0.1) is 5.75 Å². The van der Waals surface area contributed by atoms with Gasteiger partial charge in [-0.05, 0) is 39.8 Å². The van der Waals surface area contributed by atoms with Gasteiger partial charge in [-0.15, -0.1) is 11.8 Å². The Bertz CT molecular complexity index is 556. The molecular weight excluding hydrogens is 278 g/mol. The molecule has 0 fully saturated rings. The van der Waals surface area contributed by atoms with Crippen molar-refractivity contribution in [1.29, 1.82) is 0 Å². The molecule has 21 heavy (non-hydrogen) atoms. The number of aromatic nitrogens is 2. The predicted molar refractivity (Wildman–Crippen MR) is 89.4 cm³/mol. The minimum atomic E-state index is 0.111. The molecule has 4 heteroatoms. The highest BCUT2D eigenvalue weighted by molar-refractivity contribution is 7.98. The van der Waals surface area contributed by atoms with Gasteiger partial charge in [0.25, 0.3) is 0 Å². The van der Waals surface area contributed by atoms with Crippen LogP contribution in [0.1, 0.15) is 37.7 Å². The van der Waals surface area contributed by atoms with Crippen molar-refractivity contribution in [2.75, 3.05) is 0 Å². The Morgan fingerprint density at radius 2 is 1.67 bits per heavy atom. The van der Waals surface area contributed by atoms with E-state index < -0.39 is 0 Å². The van der Waals surface area contributed by atoms with Crippen LogP contribution in [0.3, 0.4) is 0 Å². The number of benzene rings is 1. The Labute approximate surface area is 131 Å². The van der Waals surface area contributed by atoms with Gasteiger partial charge in [0, 0.05) is 34.9 Å². The molecule has 0 amide bonds. The first-order valence-corrected chi connectivity index (χ1v) is 8.15. The molecule has 0 saturated carbocycles. The molecule has 1 heterocycles. The van der Waals surface area contributed by atoms with Crippen LogP contribution in [0.2, 0.25) is 0 Å². The summed E-state index contributed by atoms with van der Waals surface area (Å²) in [6, 6.07) is 8.54. The smallest absolute Gasteiger partial charge is 0.138 e. The molecule has 0 aliphatic rings. The van der Waals surface area contributed by atoms with Crippen LogP contribution in [-0.4, -0.2) is 15.5 Å². The number of nitrogens with one attached hydrogen (secondary N) is 1. The van der Waals surface area contributed by atoms with Crippen LogP contribution in [0.4, 0.5) is 0 Å². The van der Waals surface area contributed by atoms with Gasteiger partial charge in [-0.1, -0.05) is 17.7 Å². The zero-order valence-corrected chi connectivity index (χ0v) is 14.0. The molecule has 3 nitrogen and oxygen atoms in total. The Morgan fingerprint density at radius 1 is 1.05 bits per heavy atom. The Kier molecular flexibility index (Phi) is 5.37. The van der Waals surface area contributed by atoms with Crippen molar-refractivity contribution in [2.45, 2.75) is 50.4 Å². The van der Waals surface area contributed by atoms with Gasteiger partial charge in [-0.25, -0.2) is 9.97 Å². The van der Waals surface area contributed by atoms with E-state index in [0.717, 1.165) is 23.7 Å². The molecule has 0 bridgehead atoms. The van der Waals surface area contributed by atoms with Crippen molar-refractivity contribution in [1.82, 2.24) is 15.3 Å². The van der Waals surface area contributed by atoms with Crippen molar-refractivity contribution < 1.29 is 0 Å². The summed E-state index contributed by atoms with van der Waals surface area (Å²) in [6.07, 6.45) is 3.83. The summed E-state index contributed by atoms with van der Waals surface area (Å²) in [5, 5.41) is 3.44. The second kappa shape index (κ2) is 7.05. The quantitative estimate of drug-likeness (QED) is 0.848. The highest BCUT2D eigenvalue weighted by Gasteiger charge is 2.08. The lowest BCUT2D eigenvalue weighted by Crippen LogP contribution is -2.35. The highest BCUT2D eigenvalue weighted by Crippen LogP contribution is 2.21. The van der Waals surface area contributed by atoms with Crippen molar-refractivity contribution in [2.24, 2.45) is 0 Å². The number of nitrogens with zero attached hydrogens (tertiary/aromatic N) is 2. The van der Waals surface area contributed by atoms with Crippen LogP contribution < -0.4 is 5.32 Å². The molecule has 1 aromatic heterocycles. The van der Waals surface area contributed by atoms with Gasteiger partial charge >= 0.3 is 0 Å². The van der Waals surface area contributed by atoms with E-state index in [4.69, 9.17) is 0 Å². The molecule has 0 atom stereocenters. The normalized spacial score (nSPS) is 11.6. The van der Waals surface area contributed by atoms with Crippen LogP contribution in [0, 0.1) is 6.92 Å². The van der Waals surface area contributed by atoms with Gasteiger partial charge in [0.2, 0.25) is 0 Å². The van der Waals surface area contributed by atoms with Gasteiger partial charge in [-0.2, -0.15) is 0 Å². The van der Waals surface area contributed by atoms with Gasteiger partial charge in [-0.3, -0.25) is 0 Å². The Balaban J connectivity index is 1.86. The Hall–Kier alpha value is -1.39. The molecule has 1 N–H and O–H groups in total. The maximum Gasteiger partial charge on any atom is 0.138 e. The molecule has 2 aromatic rings. The monoisotopic (exact) mass is 301 g/mol. The minimum absolute atomic E-state index is 0.111. The predicted octanol–water partition coefficient (Wildman–Crippen LogP) is 3.97. The third-order valence-electron chi connectivity index (χ3n) is 2.97. The van der Waals surface area contributed by atoms with E-state index in [9.17, 15) is 0 Å². The van der Waals surface area contributed by atoms with Gasteiger partial charge in [0.1, 0.15) is 5.82 Å². The van der Waals surface area contributed by atoms with E-state index in [2.05, 4.69) is 67.2 Å². The minimum Gasteiger partial charge on any atom is -0.308 e. The summed E-state index contributed by atoms with van der Waals surface area (Å²) < 4.78 is 0. The third kappa shape index (κ3) is 5.86. The third-order valence-corrected chi connectivity index (χ3v) is 3.98. The van der Waals surface area contributed by atoms with Crippen LogP contribution in [0.25, 0.3) is 0 Å². The molecule has 112 valence electrons. The van der Waals surface area contributed by atoms with Crippen molar-refractivity contribution in [3.8, 4) is 0 Å². The van der Waals surface area contributed by atoms with E-state index >= 15 is 0 Å². The zero-order chi connectivity index (χ0) is 15.3. The van der Waals surface area contributed by atoms with Crippen molar-refractivity contribution in [3.63, 3.8) is 0 Å². The molecule has 0 unspecified atom stereocenters. The van der Waals surface area contributed by atoms with Gasteiger partial charge in [0.15, 0.2) is 0 Å². The average molecular weight is 301 g/mol. The van der Waals surface area contributed by atoms with Crippen LogP contribution >= 0.6 is 11.8 Å². The maximum absolute atomic E-state index is 4.44. The summed E-state index contributed by atoms with van der Waals surface area (Å²) in [5.41, 5.74) is 2.51. The summed E-state index contributed by atoms with van der Waals surface area (Å²) in [5.74, 6) is 1.68. The number of rotatable bonds is 5. The maximum atomic E-state index is 4.44. The van der Waals surface area contributed by atoms with Crippen LogP contribution in [-0.2, 0) is 12.3 Å². The molecule has 0 aliphatic carbocycles. The fourth-order valence-electron chi connectivity index (χ4n) is 1.70. The van der Waals surface area contributed by atoms with E-state index in [-0.39, 0.29) is 5.54 Å². The first-order valence-electron chi connectivity index (χ1n) is 7.17. The SMILES string of the molecule is Cc1ccc(SCc2ncc(CNC(C)(C)C)cn2)cc1. The topological polar surface area (TPSA) is 37.8 Å². The second-order valence-corrected chi connectivity index (χ2v) is 7.26. The standard InChI is InChI=1S/C17H23N3S/c1-13-5-7-15(8-6-13)21-12-16-18-9-14(10-19-16)11-20-17(2,3)4/h5-10,20H,11-12H2,1-4H3. The molecule has 0 radical (unpaired) electrons. The first-order chi connectivity index (χ1) is 9.92. The highest BCUT2D eigenvalue weighted by atomic mass is 32.2.